The Labute approximate surface area is 116 Å². The molecule has 0 aromatic heterocycles. The van der Waals surface area contributed by atoms with Crippen molar-refractivity contribution in [1.82, 2.24) is 5.01 Å². The number of nitrogens with zero attached hydrogens (tertiary/aromatic N) is 2. The number of hydrogen-bond acceptors (Lipinski definition) is 7. The van der Waals surface area contributed by atoms with Crippen molar-refractivity contribution in [3.63, 3.8) is 0 Å². The Bertz CT molecular complexity index is 464. The molecule has 0 spiro atoms. The summed E-state index contributed by atoms with van der Waals surface area (Å²) in [5.74, 6) is -0.416. The third-order valence-electron chi connectivity index (χ3n) is 2.74. The van der Waals surface area contributed by atoms with Crippen molar-refractivity contribution in [3.05, 3.63) is 0 Å². The molecule has 1 aliphatic rings. The summed E-state index contributed by atoms with van der Waals surface area (Å²) in [6.07, 6.45) is -2.12. The molecule has 1 heterocycles. The summed E-state index contributed by atoms with van der Waals surface area (Å²) in [7, 11) is 2.17. The van der Waals surface area contributed by atoms with E-state index in [1.165, 1.54) is 0 Å². The maximum absolute atomic E-state index is 12.2. The van der Waals surface area contributed by atoms with Gasteiger partial charge in [0.05, 0.1) is 14.2 Å². The molecule has 0 unspecified atom stereocenters. The van der Waals surface area contributed by atoms with Gasteiger partial charge in [-0.2, -0.15) is 5.10 Å². The van der Waals surface area contributed by atoms with Crippen LogP contribution < -0.4 is 0 Å². The maximum Gasteiger partial charge on any atom is 0.440 e. The monoisotopic (exact) mass is 286 g/mol. The van der Waals surface area contributed by atoms with Crippen LogP contribution in [0.5, 0.6) is 0 Å². The second kappa shape index (κ2) is 5.20. The van der Waals surface area contributed by atoms with Gasteiger partial charge in [-0.15, -0.1) is 0 Å². The summed E-state index contributed by atoms with van der Waals surface area (Å²) in [5.41, 5.74) is -2.18. The van der Waals surface area contributed by atoms with Crippen molar-refractivity contribution in [2.24, 2.45) is 5.10 Å². The molecule has 1 saturated heterocycles. The van der Waals surface area contributed by atoms with Gasteiger partial charge in [0, 0.05) is 0 Å². The first-order valence-corrected chi connectivity index (χ1v) is 5.87. The summed E-state index contributed by atoms with van der Waals surface area (Å²) in [5, 5.41) is 4.12. The minimum Gasteiger partial charge on any atom is -0.451 e. The molecular formula is C12H18N2O6. The highest BCUT2D eigenvalue weighted by Crippen LogP contribution is 2.32. The first-order chi connectivity index (χ1) is 9.06. The second-order valence-electron chi connectivity index (χ2n) is 5.15. The first kappa shape index (κ1) is 16.1. The van der Waals surface area contributed by atoms with Gasteiger partial charge in [0.2, 0.25) is 5.78 Å². The van der Waals surface area contributed by atoms with Gasteiger partial charge in [0.1, 0.15) is 16.9 Å². The molecule has 8 nitrogen and oxygen atoms in total. The van der Waals surface area contributed by atoms with Crippen LogP contribution in [0.1, 0.15) is 27.7 Å². The highest BCUT2D eigenvalue weighted by atomic mass is 16.6. The van der Waals surface area contributed by atoms with Crippen molar-refractivity contribution < 1.29 is 28.6 Å². The average Bonchev–Trinajstić information content (AvgIpc) is 2.50. The molecule has 0 bridgehead atoms. The zero-order chi connectivity index (χ0) is 15.7. The van der Waals surface area contributed by atoms with Gasteiger partial charge in [-0.1, -0.05) is 5.01 Å². The summed E-state index contributed by atoms with van der Waals surface area (Å²) < 4.78 is 14.4. The van der Waals surface area contributed by atoms with Crippen LogP contribution in [-0.2, 0) is 19.0 Å². The van der Waals surface area contributed by atoms with Gasteiger partial charge in [-0.05, 0) is 27.7 Å². The first-order valence-electron chi connectivity index (χ1n) is 5.87. The molecule has 0 N–H and O–H groups in total. The van der Waals surface area contributed by atoms with E-state index >= 15 is 0 Å². The van der Waals surface area contributed by atoms with E-state index in [2.05, 4.69) is 14.6 Å². The molecule has 2 amide bonds. The lowest BCUT2D eigenvalue weighted by molar-refractivity contribution is -0.131. The van der Waals surface area contributed by atoms with Crippen LogP contribution in [0.3, 0.4) is 0 Å². The Kier molecular flexibility index (Phi) is 4.18. The molecule has 0 saturated carbocycles. The fourth-order valence-corrected chi connectivity index (χ4v) is 1.89. The van der Waals surface area contributed by atoms with Gasteiger partial charge >= 0.3 is 12.2 Å². The summed E-state index contributed by atoms with van der Waals surface area (Å²) in [4.78, 5) is 35.3. The Morgan fingerprint density at radius 3 is 1.80 bits per heavy atom. The van der Waals surface area contributed by atoms with E-state index < -0.39 is 29.2 Å². The minimum absolute atomic E-state index is 0.0571. The van der Waals surface area contributed by atoms with Crippen LogP contribution in [-0.4, -0.2) is 54.1 Å². The number of Topliss-reactive ketones (excluding diaryl/α,β-unsaturated/α-hetero) is 1. The van der Waals surface area contributed by atoms with Gasteiger partial charge in [0.15, 0.2) is 0 Å². The Morgan fingerprint density at radius 2 is 1.50 bits per heavy atom. The van der Waals surface area contributed by atoms with Crippen LogP contribution in [0.2, 0.25) is 0 Å². The highest BCUT2D eigenvalue weighted by Gasteiger charge is 2.52. The number of hydrazone groups is 1. The van der Waals surface area contributed by atoms with Gasteiger partial charge < -0.3 is 14.2 Å². The van der Waals surface area contributed by atoms with Crippen molar-refractivity contribution in [2.75, 3.05) is 14.2 Å². The average molecular weight is 286 g/mol. The number of carbonyl (C=O) groups excluding carboxylic acids is 3. The number of imide groups is 1. The highest BCUT2D eigenvalue weighted by molar-refractivity contribution is 6.47. The number of carbonyl (C=O) groups is 3. The van der Waals surface area contributed by atoms with Crippen LogP contribution in [0, 0.1) is 0 Å². The van der Waals surface area contributed by atoms with Gasteiger partial charge in [-0.3, -0.25) is 4.79 Å². The number of methoxy groups -OCH3 is 2. The normalized spacial score (nSPS) is 21.7. The van der Waals surface area contributed by atoms with E-state index in [-0.39, 0.29) is 5.71 Å². The van der Waals surface area contributed by atoms with E-state index in [1.807, 2.05) is 0 Å². The standard InChI is InChI=1S/C12H18N2O6/c1-11(2)7(8(15)12(3,4)20-11)13-14(9(16)18-5)10(17)19-6/h1-6H3/b13-7-. The maximum atomic E-state index is 12.2. The van der Waals surface area contributed by atoms with Gasteiger partial charge in [0.25, 0.3) is 0 Å². The van der Waals surface area contributed by atoms with Crippen molar-refractivity contribution in [3.8, 4) is 0 Å². The summed E-state index contributed by atoms with van der Waals surface area (Å²) in [6.45, 7) is 6.40. The minimum atomic E-state index is -1.08. The topological polar surface area (TPSA) is 94.5 Å². The van der Waals surface area contributed by atoms with Crippen molar-refractivity contribution >= 4 is 23.7 Å². The smallest absolute Gasteiger partial charge is 0.440 e. The fourth-order valence-electron chi connectivity index (χ4n) is 1.89. The number of amides is 2. The largest absolute Gasteiger partial charge is 0.451 e. The number of hydrogen-bond donors (Lipinski definition) is 0. The SMILES string of the molecule is COC(=O)N(/N=C1/C(=O)C(C)(C)OC1(C)C)C(=O)OC. The molecule has 0 radical (unpaired) electrons. The lowest BCUT2D eigenvalue weighted by atomic mass is 9.97. The molecular weight excluding hydrogens is 268 g/mol. The molecule has 0 atom stereocenters. The van der Waals surface area contributed by atoms with E-state index in [9.17, 15) is 14.4 Å². The third-order valence-corrected chi connectivity index (χ3v) is 2.74. The number of ketones is 1. The van der Waals surface area contributed by atoms with Crippen molar-refractivity contribution in [2.45, 2.75) is 38.9 Å². The molecule has 0 aromatic rings. The molecule has 8 heteroatoms. The molecule has 0 aliphatic carbocycles. The second-order valence-corrected chi connectivity index (χ2v) is 5.15. The van der Waals surface area contributed by atoms with E-state index in [1.54, 1.807) is 27.7 Å². The quantitative estimate of drug-likeness (QED) is 0.675. The van der Waals surface area contributed by atoms with Crippen LogP contribution in [0.4, 0.5) is 9.59 Å². The summed E-state index contributed by atoms with van der Waals surface area (Å²) >= 11 is 0. The van der Waals surface area contributed by atoms with Crippen molar-refractivity contribution in [1.29, 1.82) is 0 Å². The Balaban J connectivity index is 3.27. The zero-order valence-corrected chi connectivity index (χ0v) is 12.3. The third kappa shape index (κ3) is 2.79. The Morgan fingerprint density at radius 1 is 1.05 bits per heavy atom. The molecule has 20 heavy (non-hydrogen) atoms. The molecule has 1 fully saturated rings. The Hall–Kier alpha value is -1.96. The van der Waals surface area contributed by atoms with E-state index in [0.717, 1.165) is 14.2 Å². The predicted molar refractivity (Wildman–Crippen MR) is 68.3 cm³/mol. The molecule has 1 rings (SSSR count). The lowest BCUT2D eigenvalue weighted by Gasteiger charge is -2.21. The molecule has 112 valence electrons. The van der Waals surface area contributed by atoms with Crippen LogP contribution in [0.15, 0.2) is 5.10 Å². The number of ether oxygens (including phenoxy) is 3. The van der Waals surface area contributed by atoms with Gasteiger partial charge in [-0.25, -0.2) is 9.59 Å². The zero-order valence-electron chi connectivity index (χ0n) is 12.3. The lowest BCUT2D eigenvalue weighted by Crippen LogP contribution is -2.38. The fraction of sp³-hybridized carbons (Fsp3) is 0.667. The molecule has 0 aromatic carbocycles. The van der Waals surface area contributed by atoms with E-state index in [0.29, 0.717) is 5.01 Å². The summed E-state index contributed by atoms with van der Waals surface area (Å²) in [6, 6.07) is 0. The predicted octanol–water partition coefficient (Wildman–Crippen LogP) is 1.33. The molecule has 1 aliphatic heterocycles. The van der Waals surface area contributed by atoms with E-state index in [4.69, 9.17) is 4.74 Å². The van der Waals surface area contributed by atoms with Crippen LogP contribution in [0.25, 0.3) is 0 Å². The number of rotatable bonds is 1. The van der Waals surface area contributed by atoms with Crippen LogP contribution >= 0.6 is 0 Å².